The van der Waals surface area contributed by atoms with Gasteiger partial charge in [0.2, 0.25) is 5.89 Å². The van der Waals surface area contributed by atoms with E-state index >= 15 is 0 Å². The van der Waals surface area contributed by atoms with Gasteiger partial charge in [-0.3, -0.25) is 9.69 Å². The normalized spacial score (nSPS) is 21.6. The van der Waals surface area contributed by atoms with Gasteiger partial charge < -0.3 is 9.52 Å². The number of hydrogen-bond acceptors (Lipinski definition) is 4. The lowest BCUT2D eigenvalue weighted by atomic mass is 10.0. The fraction of sp³-hybridized carbons (Fsp3) is 0.667. The third kappa shape index (κ3) is 3.06. The van der Waals surface area contributed by atoms with Crippen molar-refractivity contribution in [1.82, 2.24) is 9.88 Å². The fourth-order valence-electron chi connectivity index (χ4n) is 2.21. The molecule has 0 bridgehead atoms. The Labute approximate surface area is 100 Å². The molecule has 1 aliphatic rings. The van der Waals surface area contributed by atoms with Gasteiger partial charge in [-0.2, -0.15) is 0 Å². The van der Waals surface area contributed by atoms with Gasteiger partial charge in [0.15, 0.2) is 0 Å². The van der Waals surface area contributed by atoms with E-state index < -0.39 is 5.97 Å². The highest BCUT2D eigenvalue weighted by Crippen LogP contribution is 2.29. The highest BCUT2D eigenvalue weighted by molar-refractivity contribution is 5.66. The molecule has 1 aromatic rings. The maximum absolute atomic E-state index is 10.5. The number of aliphatic carboxylic acids is 1. The van der Waals surface area contributed by atoms with Crippen LogP contribution in [-0.4, -0.2) is 34.6 Å². The lowest BCUT2D eigenvalue weighted by Gasteiger charge is -2.29. The van der Waals surface area contributed by atoms with Gasteiger partial charge in [-0.25, -0.2) is 4.98 Å². The first kappa shape index (κ1) is 12.1. The molecule has 1 aromatic heterocycles. The predicted molar refractivity (Wildman–Crippen MR) is 61.7 cm³/mol. The molecule has 1 unspecified atom stereocenters. The summed E-state index contributed by atoms with van der Waals surface area (Å²) in [5.74, 6) is 0.590. The van der Waals surface area contributed by atoms with Crippen LogP contribution in [0.15, 0.2) is 10.6 Å². The van der Waals surface area contributed by atoms with Crippen molar-refractivity contribution >= 4 is 5.97 Å². The summed E-state index contributed by atoms with van der Waals surface area (Å²) in [6.45, 7) is 1.07. The molecule has 0 amide bonds. The molecule has 0 aromatic carbocycles. The van der Waals surface area contributed by atoms with Crippen molar-refractivity contribution in [2.75, 3.05) is 13.6 Å². The van der Waals surface area contributed by atoms with Crippen molar-refractivity contribution in [3.05, 3.63) is 17.8 Å². The van der Waals surface area contributed by atoms with Crippen LogP contribution in [0.4, 0.5) is 0 Å². The Morgan fingerprint density at radius 1 is 1.65 bits per heavy atom. The first-order chi connectivity index (χ1) is 8.16. The summed E-state index contributed by atoms with van der Waals surface area (Å²) < 4.78 is 5.63. The third-order valence-corrected chi connectivity index (χ3v) is 3.21. The molecule has 2 heterocycles. The molecule has 0 spiro atoms. The van der Waals surface area contributed by atoms with Crippen molar-refractivity contribution in [3.63, 3.8) is 0 Å². The first-order valence-corrected chi connectivity index (χ1v) is 6.03. The summed E-state index contributed by atoms with van der Waals surface area (Å²) in [5, 5.41) is 8.60. The Morgan fingerprint density at radius 3 is 3.18 bits per heavy atom. The second kappa shape index (κ2) is 5.31. The van der Waals surface area contributed by atoms with Crippen LogP contribution in [0, 0.1) is 0 Å². The molecule has 1 saturated heterocycles. The molecule has 0 saturated carbocycles. The third-order valence-electron chi connectivity index (χ3n) is 3.21. The molecular weight excluding hydrogens is 220 g/mol. The van der Waals surface area contributed by atoms with Gasteiger partial charge in [0, 0.05) is 6.42 Å². The molecule has 17 heavy (non-hydrogen) atoms. The lowest BCUT2D eigenvalue weighted by Crippen LogP contribution is -2.29. The molecule has 1 fully saturated rings. The predicted octanol–water partition coefficient (Wildman–Crippen LogP) is 1.85. The Bertz CT molecular complexity index is 389. The van der Waals surface area contributed by atoms with Crippen LogP contribution in [0.1, 0.15) is 43.4 Å². The maximum Gasteiger partial charge on any atom is 0.303 e. The quantitative estimate of drug-likeness (QED) is 0.867. The lowest BCUT2D eigenvalue weighted by molar-refractivity contribution is -0.137. The zero-order chi connectivity index (χ0) is 12.3. The second-order valence-electron chi connectivity index (χ2n) is 4.55. The number of carboxylic acids is 1. The highest BCUT2D eigenvalue weighted by atomic mass is 16.4. The molecule has 1 aliphatic heterocycles. The summed E-state index contributed by atoms with van der Waals surface area (Å²) in [5.41, 5.74) is 0. The number of carboxylic acid groups (broad SMARTS) is 1. The topological polar surface area (TPSA) is 66.6 Å². The monoisotopic (exact) mass is 238 g/mol. The highest BCUT2D eigenvalue weighted by Gasteiger charge is 2.24. The van der Waals surface area contributed by atoms with Crippen molar-refractivity contribution in [1.29, 1.82) is 0 Å². The van der Waals surface area contributed by atoms with Crippen molar-refractivity contribution in [3.8, 4) is 0 Å². The van der Waals surface area contributed by atoms with Crippen molar-refractivity contribution in [2.45, 2.75) is 38.1 Å². The van der Waals surface area contributed by atoms with Crippen LogP contribution in [-0.2, 0) is 11.2 Å². The number of aryl methyl sites for hydroxylation is 1. The van der Waals surface area contributed by atoms with Crippen molar-refractivity contribution < 1.29 is 14.3 Å². The number of rotatable bonds is 4. The number of hydrogen-bond donors (Lipinski definition) is 1. The van der Waals surface area contributed by atoms with E-state index in [0.29, 0.717) is 12.2 Å². The van der Waals surface area contributed by atoms with Crippen LogP contribution < -0.4 is 0 Å². The molecule has 2 rings (SSSR count). The number of aromatic nitrogens is 1. The largest absolute Gasteiger partial charge is 0.481 e. The van der Waals surface area contributed by atoms with Crippen LogP contribution in [0.5, 0.6) is 0 Å². The van der Waals surface area contributed by atoms with Gasteiger partial charge in [0.25, 0.3) is 0 Å². The number of oxazole rings is 1. The average molecular weight is 238 g/mol. The smallest absolute Gasteiger partial charge is 0.303 e. The molecular formula is C12H18N2O3. The van der Waals surface area contributed by atoms with E-state index in [-0.39, 0.29) is 12.5 Å². The Morgan fingerprint density at radius 2 is 2.47 bits per heavy atom. The fourth-order valence-corrected chi connectivity index (χ4v) is 2.21. The van der Waals surface area contributed by atoms with Crippen molar-refractivity contribution in [2.24, 2.45) is 0 Å². The zero-order valence-corrected chi connectivity index (χ0v) is 10.1. The summed E-state index contributed by atoms with van der Waals surface area (Å²) >= 11 is 0. The summed E-state index contributed by atoms with van der Waals surface area (Å²) in [4.78, 5) is 17.0. The van der Waals surface area contributed by atoms with E-state index in [1.54, 1.807) is 6.20 Å². The summed E-state index contributed by atoms with van der Waals surface area (Å²) in [6.07, 6.45) is 5.64. The first-order valence-electron chi connectivity index (χ1n) is 6.03. The van der Waals surface area contributed by atoms with Gasteiger partial charge in [-0.1, -0.05) is 6.42 Å². The van der Waals surface area contributed by atoms with Crippen LogP contribution in [0.3, 0.4) is 0 Å². The van der Waals surface area contributed by atoms with E-state index in [4.69, 9.17) is 9.52 Å². The number of likely N-dealkylation sites (tertiary alicyclic amines) is 1. The van der Waals surface area contributed by atoms with E-state index in [1.165, 1.54) is 12.8 Å². The second-order valence-corrected chi connectivity index (χ2v) is 4.55. The van der Waals surface area contributed by atoms with E-state index in [0.717, 1.165) is 18.9 Å². The summed E-state index contributed by atoms with van der Waals surface area (Å²) in [7, 11) is 2.07. The van der Waals surface area contributed by atoms with E-state index in [1.807, 2.05) is 0 Å². The minimum absolute atomic E-state index is 0.0924. The minimum Gasteiger partial charge on any atom is -0.481 e. The van der Waals surface area contributed by atoms with Crippen LogP contribution in [0.25, 0.3) is 0 Å². The molecule has 5 heteroatoms. The van der Waals surface area contributed by atoms with Gasteiger partial charge in [0.1, 0.15) is 5.76 Å². The minimum atomic E-state index is -0.808. The molecule has 0 radical (unpaired) electrons. The molecule has 0 aliphatic carbocycles. The maximum atomic E-state index is 10.5. The van der Waals surface area contributed by atoms with E-state index in [9.17, 15) is 4.79 Å². The van der Waals surface area contributed by atoms with Crippen LogP contribution >= 0.6 is 0 Å². The Hall–Kier alpha value is -1.36. The van der Waals surface area contributed by atoms with Gasteiger partial charge >= 0.3 is 5.97 Å². The molecule has 94 valence electrons. The Balaban J connectivity index is 1.99. The van der Waals surface area contributed by atoms with Gasteiger partial charge in [0.05, 0.1) is 18.7 Å². The Kier molecular flexibility index (Phi) is 3.78. The number of piperidine rings is 1. The average Bonchev–Trinajstić information content (AvgIpc) is 2.75. The van der Waals surface area contributed by atoms with Crippen LogP contribution in [0.2, 0.25) is 0 Å². The number of nitrogens with zero attached hydrogens (tertiary/aromatic N) is 2. The molecule has 1 atom stereocenters. The molecule has 1 N–H and O–H groups in total. The van der Waals surface area contributed by atoms with Gasteiger partial charge in [-0.05, 0) is 26.4 Å². The molecule has 5 nitrogen and oxygen atoms in total. The van der Waals surface area contributed by atoms with E-state index in [2.05, 4.69) is 16.9 Å². The zero-order valence-electron chi connectivity index (χ0n) is 10.1. The number of carbonyl (C=O) groups is 1. The SMILES string of the molecule is CN1CCCCC1c1ncc(CCC(=O)O)o1. The summed E-state index contributed by atoms with van der Waals surface area (Å²) in [6, 6.07) is 0.252. The van der Waals surface area contributed by atoms with Gasteiger partial charge in [-0.15, -0.1) is 0 Å². The standard InChI is InChI=1S/C12H18N2O3/c1-14-7-3-2-4-10(14)12-13-8-9(17-12)5-6-11(15)16/h8,10H,2-7H2,1H3,(H,15,16).